The van der Waals surface area contributed by atoms with Gasteiger partial charge in [-0.05, 0) is 67.8 Å². The molecule has 0 saturated heterocycles. The summed E-state index contributed by atoms with van der Waals surface area (Å²) in [5.74, 6) is -0.788. The molecule has 0 aliphatic heterocycles. The van der Waals surface area contributed by atoms with Crippen LogP contribution in [-0.2, 0) is 32.6 Å². The zero-order valence-electron chi connectivity index (χ0n) is 25.2. The summed E-state index contributed by atoms with van der Waals surface area (Å²) in [7, 11) is -4.13. The highest BCUT2D eigenvalue weighted by Crippen LogP contribution is 2.25. The molecule has 0 fully saturated rings. The van der Waals surface area contributed by atoms with Crippen LogP contribution in [0.4, 0.5) is 5.69 Å². The Morgan fingerprint density at radius 2 is 1.45 bits per heavy atom. The van der Waals surface area contributed by atoms with E-state index in [0.29, 0.717) is 5.69 Å². The first kappa shape index (κ1) is 33.0. The van der Waals surface area contributed by atoms with Gasteiger partial charge in [-0.15, -0.1) is 0 Å². The van der Waals surface area contributed by atoms with Gasteiger partial charge in [0.2, 0.25) is 11.8 Å². The molecular weight excluding hydrogens is 638 g/mol. The van der Waals surface area contributed by atoms with Crippen molar-refractivity contribution in [1.82, 2.24) is 10.2 Å². The molecule has 0 radical (unpaired) electrons. The van der Waals surface area contributed by atoms with Gasteiger partial charge in [-0.3, -0.25) is 13.9 Å². The Hall–Kier alpha value is -3.95. The Balaban J connectivity index is 1.79. The van der Waals surface area contributed by atoms with Crippen LogP contribution >= 0.6 is 15.9 Å². The first-order chi connectivity index (χ1) is 21.1. The lowest BCUT2D eigenvalue weighted by atomic mass is 10.0. The van der Waals surface area contributed by atoms with E-state index in [2.05, 4.69) is 21.2 Å². The zero-order chi connectivity index (χ0) is 31.7. The molecule has 0 heterocycles. The van der Waals surface area contributed by atoms with Crippen molar-refractivity contribution < 1.29 is 18.0 Å². The molecule has 0 aliphatic carbocycles. The first-order valence-electron chi connectivity index (χ1n) is 14.6. The van der Waals surface area contributed by atoms with Gasteiger partial charge in [0.15, 0.2) is 0 Å². The molecule has 1 N–H and O–H groups in total. The predicted octanol–water partition coefficient (Wildman–Crippen LogP) is 6.51. The van der Waals surface area contributed by atoms with Gasteiger partial charge >= 0.3 is 0 Å². The second-order valence-electron chi connectivity index (χ2n) is 10.8. The van der Waals surface area contributed by atoms with Crippen LogP contribution < -0.4 is 9.62 Å². The fourth-order valence-corrected chi connectivity index (χ4v) is 6.65. The maximum Gasteiger partial charge on any atom is 0.264 e. The number of carbonyl (C=O) groups excluding carboxylic acids is 2. The number of para-hydroxylation sites is 1. The van der Waals surface area contributed by atoms with E-state index in [1.165, 1.54) is 4.90 Å². The minimum atomic E-state index is -4.13. The molecule has 4 aromatic carbocycles. The molecule has 4 aromatic rings. The molecule has 0 unspecified atom stereocenters. The molecule has 9 heteroatoms. The van der Waals surface area contributed by atoms with Gasteiger partial charge in [0.25, 0.3) is 10.0 Å². The molecular formula is C35H38BrN3O4S. The zero-order valence-corrected chi connectivity index (χ0v) is 27.6. The molecule has 0 bridgehead atoms. The average molecular weight is 677 g/mol. The van der Waals surface area contributed by atoms with Gasteiger partial charge in [0, 0.05) is 23.5 Å². The fraction of sp³-hybridized carbons (Fsp3) is 0.257. The molecule has 2 atom stereocenters. The summed E-state index contributed by atoms with van der Waals surface area (Å²) < 4.78 is 30.1. The lowest BCUT2D eigenvalue weighted by Crippen LogP contribution is -2.54. The molecule has 0 spiro atoms. The third-order valence-electron chi connectivity index (χ3n) is 7.45. The minimum absolute atomic E-state index is 0.0774. The third kappa shape index (κ3) is 8.57. The monoisotopic (exact) mass is 675 g/mol. The second-order valence-corrected chi connectivity index (χ2v) is 13.6. The number of rotatable bonds is 13. The molecule has 2 amide bonds. The van der Waals surface area contributed by atoms with Gasteiger partial charge in [-0.25, -0.2) is 8.42 Å². The summed E-state index contributed by atoms with van der Waals surface area (Å²) in [6, 6.07) is 31.2. The van der Waals surface area contributed by atoms with Crippen LogP contribution in [0.15, 0.2) is 119 Å². The summed E-state index contributed by atoms with van der Waals surface area (Å²) in [5.41, 5.74) is 2.96. The number of carbonyl (C=O) groups is 2. The van der Waals surface area contributed by atoms with Crippen LogP contribution in [0.3, 0.4) is 0 Å². The largest absolute Gasteiger partial charge is 0.352 e. The van der Waals surface area contributed by atoms with Crippen LogP contribution in [0.25, 0.3) is 0 Å². The number of anilines is 1. The Kier molecular flexibility index (Phi) is 11.4. The molecule has 0 aliphatic rings. The fourth-order valence-electron chi connectivity index (χ4n) is 4.79. The number of amides is 2. The van der Waals surface area contributed by atoms with Crippen LogP contribution in [-0.4, -0.2) is 43.8 Å². The van der Waals surface area contributed by atoms with Crippen molar-refractivity contribution in [2.45, 2.75) is 57.1 Å². The Morgan fingerprint density at radius 3 is 2.07 bits per heavy atom. The smallest absolute Gasteiger partial charge is 0.264 e. The van der Waals surface area contributed by atoms with Crippen LogP contribution in [0, 0.1) is 6.92 Å². The van der Waals surface area contributed by atoms with Crippen molar-refractivity contribution in [3.8, 4) is 0 Å². The first-order valence-corrected chi connectivity index (χ1v) is 16.8. The normalized spacial score (nSPS) is 12.6. The number of benzene rings is 4. The summed E-state index contributed by atoms with van der Waals surface area (Å²) in [6.07, 6.45) is 0.985. The van der Waals surface area contributed by atoms with Crippen LogP contribution in [0.5, 0.6) is 0 Å². The maximum atomic E-state index is 14.5. The summed E-state index contributed by atoms with van der Waals surface area (Å²) in [4.78, 5) is 29.9. The van der Waals surface area contributed by atoms with E-state index in [4.69, 9.17) is 0 Å². The lowest BCUT2D eigenvalue weighted by molar-refractivity contribution is -0.140. The Bertz CT molecular complexity index is 1650. The molecule has 7 nitrogen and oxygen atoms in total. The lowest BCUT2D eigenvalue weighted by Gasteiger charge is -2.34. The summed E-state index contributed by atoms with van der Waals surface area (Å²) >= 11 is 3.51. The van der Waals surface area contributed by atoms with E-state index in [1.54, 1.807) is 54.6 Å². The summed E-state index contributed by atoms with van der Waals surface area (Å²) in [6.45, 7) is 5.40. The van der Waals surface area contributed by atoms with E-state index < -0.39 is 28.5 Å². The number of hydrogen-bond acceptors (Lipinski definition) is 4. The second kappa shape index (κ2) is 15.2. The Labute approximate surface area is 269 Å². The van der Waals surface area contributed by atoms with E-state index in [9.17, 15) is 18.0 Å². The van der Waals surface area contributed by atoms with Crippen molar-refractivity contribution in [3.05, 3.63) is 130 Å². The minimum Gasteiger partial charge on any atom is -0.352 e. The van der Waals surface area contributed by atoms with E-state index in [-0.39, 0.29) is 29.8 Å². The third-order valence-corrected chi connectivity index (χ3v) is 9.73. The Morgan fingerprint density at radius 1 is 0.841 bits per heavy atom. The standard InChI is InChI=1S/C35H38BrN3O4S/c1-4-27(3)37-35(41)33(23-28-12-7-5-8-13-28)38(24-29-14-11-15-30(36)22-29)34(40)25-39(31-16-9-6-10-17-31)44(42,43)32-20-18-26(2)19-21-32/h5-22,27,33H,4,23-25H2,1-3H3,(H,37,41)/t27-,33+/m0/s1. The summed E-state index contributed by atoms with van der Waals surface area (Å²) in [5, 5.41) is 3.05. The molecule has 44 heavy (non-hydrogen) atoms. The van der Waals surface area contributed by atoms with Crippen molar-refractivity contribution in [1.29, 1.82) is 0 Å². The number of nitrogens with zero attached hydrogens (tertiary/aromatic N) is 2. The highest BCUT2D eigenvalue weighted by molar-refractivity contribution is 9.10. The van der Waals surface area contributed by atoms with Gasteiger partial charge in [0.05, 0.1) is 10.6 Å². The van der Waals surface area contributed by atoms with E-state index in [1.807, 2.05) is 75.4 Å². The van der Waals surface area contributed by atoms with E-state index in [0.717, 1.165) is 31.9 Å². The SMILES string of the molecule is CC[C@H](C)NC(=O)[C@@H](Cc1ccccc1)N(Cc1cccc(Br)c1)C(=O)CN(c1ccccc1)S(=O)(=O)c1ccc(C)cc1. The van der Waals surface area contributed by atoms with Crippen molar-refractivity contribution in [2.75, 3.05) is 10.8 Å². The molecule has 0 aromatic heterocycles. The van der Waals surface area contributed by atoms with Crippen molar-refractivity contribution in [3.63, 3.8) is 0 Å². The van der Waals surface area contributed by atoms with Crippen LogP contribution in [0.2, 0.25) is 0 Å². The number of halogens is 1. The van der Waals surface area contributed by atoms with Gasteiger partial charge in [0.1, 0.15) is 12.6 Å². The molecule has 0 saturated carbocycles. The quantitative estimate of drug-likeness (QED) is 0.175. The molecule has 230 valence electrons. The number of nitrogens with one attached hydrogen (secondary N) is 1. The number of aryl methyl sites for hydroxylation is 1. The van der Waals surface area contributed by atoms with Crippen molar-refractivity contribution >= 4 is 43.5 Å². The highest BCUT2D eigenvalue weighted by Gasteiger charge is 2.35. The topological polar surface area (TPSA) is 86.8 Å². The number of sulfonamides is 1. The van der Waals surface area contributed by atoms with E-state index >= 15 is 0 Å². The van der Waals surface area contributed by atoms with Crippen molar-refractivity contribution in [2.24, 2.45) is 0 Å². The highest BCUT2D eigenvalue weighted by atomic mass is 79.9. The van der Waals surface area contributed by atoms with Gasteiger partial charge in [-0.2, -0.15) is 0 Å². The number of hydrogen-bond donors (Lipinski definition) is 1. The average Bonchev–Trinajstić information content (AvgIpc) is 3.02. The predicted molar refractivity (Wildman–Crippen MR) is 179 cm³/mol. The molecule has 4 rings (SSSR count). The van der Waals surface area contributed by atoms with Gasteiger partial charge < -0.3 is 10.2 Å². The van der Waals surface area contributed by atoms with Crippen LogP contribution in [0.1, 0.15) is 37.0 Å². The van der Waals surface area contributed by atoms with Gasteiger partial charge in [-0.1, -0.05) is 101 Å². The maximum absolute atomic E-state index is 14.5.